The number of ether oxygens (including phenoxy) is 1. The summed E-state index contributed by atoms with van der Waals surface area (Å²) in [7, 11) is 0. The minimum Gasteiger partial charge on any atom is -0.461 e. The number of benzene rings is 1. The van der Waals surface area contributed by atoms with Crippen LogP contribution in [0.15, 0.2) is 59.0 Å². The summed E-state index contributed by atoms with van der Waals surface area (Å²) in [5, 5.41) is 8.93. The normalized spacial score (nSPS) is 10.8. The Morgan fingerprint density at radius 2 is 2.00 bits per heavy atom. The molecule has 1 N–H and O–H groups in total. The molecule has 0 fully saturated rings. The number of carbonyl (C=O) groups excluding carboxylic acids is 2. The molecular formula is C21H15FN4O4S. The molecule has 8 nitrogen and oxygen atoms in total. The molecule has 4 aromatic rings. The number of pyridine rings is 1. The number of halogens is 1. The fraction of sp³-hybridized carbons (Fsp3) is 0.0952. The first-order valence-corrected chi connectivity index (χ1v) is 10.1. The largest absolute Gasteiger partial charge is 0.461 e. The molecule has 0 aliphatic rings. The van der Waals surface area contributed by atoms with Crippen LogP contribution in [0.1, 0.15) is 27.8 Å². The van der Waals surface area contributed by atoms with Crippen molar-refractivity contribution in [3.8, 4) is 5.69 Å². The van der Waals surface area contributed by atoms with Crippen molar-refractivity contribution in [3.05, 3.63) is 81.6 Å². The van der Waals surface area contributed by atoms with E-state index in [-0.39, 0.29) is 33.8 Å². The number of fused-ring (bicyclic) bond motifs is 1. The number of thiophene rings is 1. The molecule has 0 aliphatic carbocycles. The van der Waals surface area contributed by atoms with Crippen LogP contribution in [0, 0.1) is 5.82 Å². The number of hydrogen-bond acceptors (Lipinski definition) is 7. The zero-order valence-corrected chi connectivity index (χ0v) is 17.0. The van der Waals surface area contributed by atoms with Crippen LogP contribution in [0.3, 0.4) is 0 Å². The van der Waals surface area contributed by atoms with E-state index in [9.17, 15) is 18.8 Å². The van der Waals surface area contributed by atoms with Crippen LogP contribution in [0.25, 0.3) is 16.5 Å². The van der Waals surface area contributed by atoms with Crippen LogP contribution in [0.4, 0.5) is 9.39 Å². The molecule has 1 amide bonds. The molecule has 3 aromatic heterocycles. The molecule has 3 heterocycles. The van der Waals surface area contributed by atoms with E-state index in [0.29, 0.717) is 5.56 Å². The van der Waals surface area contributed by atoms with Gasteiger partial charge in [-0.3, -0.25) is 14.6 Å². The van der Waals surface area contributed by atoms with E-state index in [0.717, 1.165) is 22.1 Å². The van der Waals surface area contributed by atoms with E-state index < -0.39 is 23.3 Å². The monoisotopic (exact) mass is 438 g/mol. The van der Waals surface area contributed by atoms with Gasteiger partial charge in [0.1, 0.15) is 10.8 Å². The van der Waals surface area contributed by atoms with Gasteiger partial charge in [0.25, 0.3) is 11.5 Å². The zero-order valence-electron chi connectivity index (χ0n) is 16.2. The average molecular weight is 438 g/mol. The molecule has 31 heavy (non-hydrogen) atoms. The predicted octanol–water partition coefficient (Wildman–Crippen LogP) is 3.41. The summed E-state index contributed by atoms with van der Waals surface area (Å²) in [6, 6.07) is 8.32. The van der Waals surface area contributed by atoms with E-state index in [4.69, 9.17) is 4.74 Å². The van der Waals surface area contributed by atoms with Gasteiger partial charge in [-0.15, -0.1) is 11.3 Å². The van der Waals surface area contributed by atoms with Crippen molar-refractivity contribution in [2.75, 3.05) is 11.9 Å². The van der Waals surface area contributed by atoms with E-state index in [1.54, 1.807) is 12.3 Å². The second kappa shape index (κ2) is 8.44. The highest BCUT2D eigenvalue weighted by atomic mass is 32.1. The fourth-order valence-corrected chi connectivity index (χ4v) is 3.89. The molecule has 0 unspecified atom stereocenters. The molecule has 156 valence electrons. The Bertz CT molecular complexity index is 1350. The Kier molecular flexibility index (Phi) is 5.54. The molecule has 0 radical (unpaired) electrons. The van der Waals surface area contributed by atoms with Gasteiger partial charge in [-0.1, -0.05) is 6.07 Å². The lowest BCUT2D eigenvalue weighted by molar-refractivity contribution is 0.0520. The highest BCUT2D eigenvalue weighted by Crippen LogP contribution is 2.31. The molecule has 0 aliphatic heterocycles. The average Bonchev–Trinajstić information content (AvgIpc) is 3.19. The number of anilines is 1. The molecule has 1 aromatic carbocycles. The van der Waals surface area contributed by atoms with Gasteiger partial charge in [0, 0.05) is 28.7 Å². The van der Waals surface area contributed by atoms with Crippen molar-refractivity contribution in [2.45, 2.75) is 6.92 Å². The van der Waals surface area contributed by atoms with Gasteiger partial charge in [-0.2, -0.15) is 9.78 Å². The standard InChI is InChI=1S/C21H15FN4O4S/c1-2-30-21(29)17-15-11-31-19(24-18(27)12-6-8-23-9-7-12)16(15)20(28)26(25-17)14-5-3-4-13(22)10-14/h3-11H,2H2,1H3,(H,24,27). The van der Waals surface area contributed by atoms with Crippen molar-refractivity contribution in [2.24, 2.45) is 0 Å². The second-order valence-electron chi connectivity index (χ2n) is 6.31. The SMILES string of the molecule is CCOC(=O)c1nn(-c2cccc(F)c2)c(=O)c2c(NC(=O)c3ccncc3)scc12. The van der Waals surface area contributed by atoms with Gasteiger partial charge < -0.3 is 10.1 Å². The Hall–Kier alpha value is -3.92. The second-order valence-corrected chi connectivity index (χ2v) is 7.19. The Balaban J connectivity index is 1.90. The summed E-state index contributed by atoms with van der Waals surface area (Å²) < 4.78 is 19.8. The van der Waals surface area contributed by atoms with E-state index in [1.807, 2.05) is 0 Å². The van der Waals surface area contributed by atoms with Crippen LogP contribution in [0.2, 0.25) is 0 Å². The van der Waals surface area contributed by atoms with Gasteiger partial charge in [-0.05, 0) is 37.3 Å². The minimum atomic E-state index is -0.734. The number of carbonyl (C=O) groups is 2. The molecule has 10 heteroatoms. The summed E-state index contributed by atoms with van der Waals surface area (Å²) in [4.78, 5) is 42.2. The number of nitrogens with one attached hydrogen (secondary N) is 1. The lowest BCUT2D eigenvalue weighted by atomic mass is 10.2. The van der Waals surface area contributed by atoms with E-state index >= 15 is 0 Å². The van der Waals surface area contributed by atoms with E-state index in [2.05, 4.69) is 15.4 Å². The quantitative estimate of drug-likeness (QED) is 0.479. The first kappa shape index (κ1) is 20.4. The number of amides is 1. The third-order valence-corrected chi connectivity index (χ3v) is 5.24. The number of esters is 1. The molecule has 4 rings (SSSR count). The summed E-state index contributed by atoms with van der Waals surface area (Å²) >= 11 is 1.07. The topological polar surface area (TPSA) is 103 Å². The maximum Gasteiger partial charge on any atom is 0.359 e. The Morgan fingerprint density at radius 1 is 1.23 bits per heavy atom. The van der Waals surface area contributed by atoms with Gasteiger partial charge >= 0.3 is 5.97 Å². The molecule has 0 bridgehead atoms. The number of nitrogens with zero attached hydrogens (tertiary/aromatic N) is 3. The van der Waals surface area contributed by atoms with E-state index in [1.165, 1.54) is 42.7 Å². The summed E-state index contributed by atoms with van der Waals surface area (Å²) in [5.74, 6) is -1.75. The van der Waals surface area contributed by atoms with Gasteiger partial charge in [0.15, 0.2) is 5.69 Å². The highest BCUT2D eigenvalue weighted by Gasteiger charge is 2.23. The van der Waals surface area contributed by atoms with Crippen LogP contribution in [-0.2, 0) is 4.74 Å². The fourth-order valence-electron chi connectivity index (χ4n) is 2.95. The molecule has 0 saturated carbocycles. The smallest absolute Gasteiger partial charge is 0.359 e. The number of hydrogen-bond donors (Lipinski definition) is 1. The van der Waals surface area contributed by atoms with Gasteiger partial charge in [0.2, 0.25) is 0 Å². The Labute approximate surface area is 178 Å². The third-order valence-electron chi connectivity index (χ3n) is 4.34. The first-order chi connectivity index (χ1) is 15.0. The molecule has 0 atom stereocenters. The number of aromatic nitrogens is 3. The van der Waals surface area contributed by atoms with Crippen molar-refractivity contribution in [3.63, 3.8) is 0 Å². The van der Waals surface area contributed by atoms with Crippen LogP contribution < -0.4 is 10.9 Å². The van der Waals surface area contributed by atoms with Gasteiger partial charge in [0.05, 0.1) is 17.7 Å². The van der Waals surface area contributed by atoms with Crippen LogP contribution in [-0.4, -0.2) is 33.2 Å². The van der Waals surface area contributed by atoms with Crippen LogP contribution in [0.5, 0.6) is 0 Å². The van der Waals surface area contributed by atoms with Gasteiger partial charge in [-0.25, -0.2) is 9.18 Å². The molecule has 0 saturated heterocycles. The summed E-state index contributed by atoms with van der Waals surface area (Å²) in [5.41, 5.74) is -0.238. The lowest BCUT2D eigenvalue weighted by Gasteiger charge is -2.10. The minimum absolute atomic E-state index is 0.0784. The lowest BCUT2D eigenvalue weighted by Crippen LogP contribution is -2.25. The van der Waals surface area contributed by atoms with Crippen molar-refractivity contribution >= 4 is 39.0 Å². The zero-order chi connectivity index (χ0) is 22.0. The highest BCUT2D eigenvalue weighted by molar-refractivity contribution is 7.16. The summed E-state index contributed by atoms with van der Waals surface area (Å²) in [6.07, 6.45) is 2.95. The first-order valence-electron chi connectivity index (χ1n) is 9.18. The maximum atomic E-state index is 13.8. The maximum absolute atomic E-state index is 13.8. The van der Waals surface area contributed by atoms with Crippen LogP contribution >= 0.6 is 11.3 Å². The third kappa shape index (κ3) is 3.92. The van der Waals surface area contributed by atoms with Crippen molar-refractivity contribution < 1.29 is 18.7 Å². The Morgan fingerprint density at radius 3 is 2.71 bits per heavy atom. The number of rotatable bonds is 5. The summed E-state index contributed by atoms with van der Waals surface area (Å²) in [6.45, 7) is 1.75. The predicted molar refractivity (Wildman–Crippen MR) is 113 cm³/mol. The molecule has 0 spiro atoms. The van der Waals surface area contributed by atoms with Crippen molar-refractivity contribution in [1.82, 2.24) is 14.8 Å². The molecular weight excluding hydrogens is 423 g/mol. The van der Waals surface area contributed by atoms with Crippen molar-refractivity contribution in [1.29, 1.82) is 0 Å².